The Bertz CT molecular complexity index is 366. The maximum absolute atomic E-state index is 10.7. The summed E-state index contributed by atoms with van der Waals surface area (Å²) in [5.41, 5.74) is 0.853. The highest BCUT2D eigenvalue weighted by Gasteiger charge is 2.19. The van der Waals surface area contributed by atoms with Crippen LogP contribution >= 0.6 is 0 Å². The Kier molecular flexibility index (Phi) is 4.41. The molecule has 0 aromatic carbocycles. The number of hydrogen-bond donors (Lipinski definition) is 3. The largest absolute Gasteiger partial charge is 0.481 e. The van der Waals surface area contributed by atoms with Gasteiger partial charge in [0.1, 0.15) is 6.04 Å². The molecule has 3 N–H and O–H groups in total. The van der Waals surface area contributed by atoms with Gasteiger partial charge < -0.3 is 10.2 Å². The zero-order chi connectivity index (χ0) is 12.0. The van der Waals surface area contributed by atoms with Crippen molar-refractivity contribution in [3.8, 4) is 0 Å². The van der Waals surface area contributed by atoms with E-state index in [9.17, 15) is 9.59 Å². The number of carboxylic acid groups (broad SMARTS) is 2. The third-order valence-electron chi connectivity index (χ3n) is 1.98. The Labute approximate surface area is 91.9 Å². The van der Waals surface area contributed by atoms with Crippen molar-refractivity contribution in [1.29, 1.82) is 0 Å². The zero-order valence-electron chi connectivity index (χ0n) is 8.46. The molecular formula is C10H12N2O4. The molecule has 1 atom stereocenters. The summed E-state index contributed by atoms with van der Waals surface area (Å²) in [6, 6.07) is 2.38. The summed E-state index contributed by atoms with van der Waals surface area (Å²) in [5.74, 6) is -2.31. The number of aromatic nitrogens is 1. The average molecular weight is 224 g/mol. The van der Waals surface area contributed by atoms with Gasteiger partial charge >= 0.3 is 11.9 Å². The summed E-state index contributed by atoms with van der Waals surface area (Å²) in [4.78, 5) is 24.9. The van der Waals surface area contributed by atoms with Gasteiger partial charge in [-0.3, -0.25) is 19.9 Å². The molecule has 16 heavy (non-hydrogen) atoms. The van der Waals surface area contributed by atoms with E-state index in [0.717, 1.165) is 5.56 Å². The summed E-state index contributed by atoms with van der Waals surface area (Å²) >= 11 is 0. The molecule has 1 aromatic rings. The van der Waals surface area contributed by atoms with Crippen LogP contribution in [0, 0.1) is 0 Å². The molecule has 0 spiro atoms. The number of rotatable bonds is 6. The third kappa shape index (κ3) is 4.05. The lowest BCUT2D eigenvalue weighted by Crippen LogP contribution is -2.38. The number of nitrogens with one attached hydrogen (secondary N) is 1. The highest BCUT2D eigenvalue weighted by molar-refractivity contribution is 5.80. The van der Waals surface area contributed by atoms with Crippen molar-refractivity contribution in [3.63, 3.8) is 0 Å². The van der Waals surface area contributed by atoms with Crippen LogP contribution in [0.15, 0.2) is 24.5 Å². The van der Waals surface area contributed by atoms with Crippen molar-refractivity contribution < 1.29 is 19.8 Å². The number of carboxylic acids is 2. The fraction of sp³-hybridized carbons (Fsp3) is 0.300. The topological polar surface area (TPSA) is 99.5 Å². The van der Waals surface area contributed by atoms with Crippen molar-refractivity contribution >= 4 is 11.9 Å². The number of hydrogen-bond acceptors (Lipinski definition) is 4. The van der Waals surface area contributed by atoms with Gasteiger partial charge in [-0.05, 0) is 17.7 Å². The van der Waals surface area contributed by atoms with Crippen molar-refractivity contribution in [2.45, 2.75) is 19.0 Å². The molecule has 0 saturated carbocycles. The molecule has 0 radical (unpaired) electrons. The van der Waals surface area contributed by atoms with E-state index in [4.69, 9.17) is 10.2 Å². The second-order valence-electron chi connectivity index (χ2n) is 3.23. The van der Waals surface area contributed by atoms with E-state index in [1.54, 1.807) is 24.5 Å². The lowest BCUT2D eigenvalue weighted by atomic mass is 10.2. The van der Waals surface area contributed by atoms with E-state index in [0.29, 0.717) is 6.54 Å². The molecule has 6 nitrogen and oxygen atoms in total. The van der Waals surface area contributed by atoms with Crippen molar-refractivity contribution in [2.24, 2.45) is 0 Å². The van der Waals surface area contributed by atoms with Gasteiger partial charge in [0.2, 0.25) is 0 Å². The van der Waals surface area contributed by atoms with Crippen LogP contribution in [0.1, 0.15) is 12.0 Å². The molecule has 86 valence electrons. The molecule has 0 saturated heterocycles. The number of pyridine rings is 1. The molecule has 0 aliphatic carbocycles. The lowest BCUT2D eigenvalue weighted by molar-refractivity contribution is -0.146. The van der Waals surface area contributed by atoms with Crippen molar-refractivity contribution in [1.82, 2.24) is 10.3 Å². The van der Waals surface area contributed by atoms with Crippen LogP contribution in [0.2, 0.25) is 0 Å². The van der Waals surface area contributed by atoms with E-state index in [1.807, 2.05) is 0 Å². The molecule has 1 heterocycles. The Morgan fingerprint density at radius 3 is 2.44 bits per heavy atom. The smallest absolute Gasteiger partial charge is 0.321 e. The summed E-state index contributed by atoms with van der Waals surface area (Å²) < 4.78 is 0. The van der Waals surface area contributed by atoms with Gasteiger partial charge in [0, 0.05) is 18.9 Å². The number of carbonyl (C=O) groups is 2. The Hall–Kier alpha value is -1.95. The molecule has 0 fully saturated rings. The van der Waals surface area contributed by atoms with Gasteiger partial charge in [-0.25, -0.2) is 0 Å². The summed E-state index contributed by atoms with van der Waals surface area (Å²) in [7, 11) is 0. The normalized spacial score (nSPS) is 12.0. The first-order chi connectivity index (χ1) is 7.59. The first-order valence-corrected chi connectivity index (χ1v) is 4.66. The van der Waals surface area contributed by atoms with Crippen molar-refractivity contribution in [3.05, 3.63) is 30.1 Å². The predicted octanol–water partition coefficient (Wildman–Crippen LogP) is 0.0991. The quantitative estimate of drug-likeness (QED) is 0.633. The van der Waals surface area contributed by atoms with Crippen LogP contribution < -0.4 is 5.32 Å². The van der Waals surface area contributed by atoms with Crippen LogP contribution in [0.3, 0.4) is 0 Å². The van der Waals surface area contributed by atoms with Gasteiger partial charge in [-0.15, -0.1) is 0 Å². The fourth-order valence-electron chi connectivity index (χ4n) is 1.16. The maximum atomic E-state index is 10.7. The molecule has 0 aliphatic heterocycles. The van der Waals surface area contributed by atoms with E-state index >= 15 is 0 Å². The predicted molar refractivity (Wildman–Crippen MR) is 54.8 cm³/mol. The molecule has 0 aliphatic rings. The minimum Gasteiger partial charge on any atom is -0.481 e. The lowest BCUT2D eigenvalue weighted by Gasteiger charge is -2.11. The first-order valence-electron chi connectivity index (χ1n) is 4.66. The standard InChI is InChI=1S/C10H12N2O4/c13-9(14)5-8(10(15)16)12-6-7-1-3-11-4-2-7/h1-4,8,12H,5-6H2,(H,13,14)(H,15,16)/t8-/m0/s1. The van der Waals surface area contributed by atoms with Crippen LogP contribution in [0.4, 0.5) is 0 Å². The van der Waals surface area contributed by atoms with E-state index < -0.39 is 24.4 Å². The number of aliphatic carboxylic acids is 2. The summed E-state index contributed by atoms with van der Waals surface area (Å²) in [6.07, 6.45) is 2.73. The highest BCUT2D eigenvalue weighted by atomic mass is 16.4. The Morgan fingerprint density at radius 2 is 1.94 bits per heavy atom. The summed E-state index contributed by atoms with van der Waals surface area (Å²) in [5, 5.41) is 19.9. The molecule has 0 amide bonds. The second kappa shape index (κ2) is 5.82. The second-order valence-corrected chi connectivity index (χ2v) is 3.23. The highest BCUT2D eigenvalue weighted by Crippen LogP contribution is 1.99. The van der Waals surface area contributed by atoms with Crippen LogP contribution in [-0.2, 0) is 16.1 Å². The van der Waals surface area contributed by atoms with Crippen LogP contribution in [0.25, 0.3) is 0 Å². The minimum absolute atomic E-state index is 0.298. The van der Waals surface area contributed by atoms with Gasteiger partial charge in [0.15, 0.2) is 0 Å². The van der Waals surface area contributed by atoms with Gasteiger partial charge in [-0.2, -0.15) is 0 Å². The van der Waals surface area contributed by atoms with E-state index in [-0.39, 0.29) is 0 Å². The van der Waals surface area contributed by atoms with Gasteiger partial charge in [0.25, 0.3) is 0 Å². The van der Waals surface area contributed by atoms with E-state index in [2.05, 4.69) is 10.3 Å². The zero-order valence-corrected chi connectivity index (χ0v) is 8.46. The SMILES string of the molecule is O=C(O)C[C@H](NCc1ccncc1)C(=O)O. The van der Waals surface area contributed by atoms with Crippen LogP contribution in [-0.4, -0.2) is 33.2 Å². The minimum atomic E-state index is -1.17. The van der Waals surface area contributed by atoms with Crippen LogP contribution in [0.5, 0.6) is 0 Å². The van der Waals surface area contributed by atoms with Gasteiger partial charge in [-0.1, -0.05) is 0 Å². The van der Waals surface area contributed by atoms with Crippen molar-refractivity contribution in [2.75, 3.05) is 0 Å². The fourth-order valence-corrected chi connectivity index (χ4v) is 1.16. The maximum Gasteiger partial charge on any atom is 0.321 e. The monoisotopic (exact) mass is 224 g/mol. The Morgan fingerprint density at radius 1 is 1.31 bits per heavy atom. The molecule has 1 aromatic heterocycles. The molecule has 6 heteroatoms. The van der Waals surface area contributed by atoms with E-state index in [1.165, 1.54) is 0 Å². The van der Waals surface area contributed by atoms with Gasteiger partial charge in [0.05, 0.1) is 6.42 Å². The molecular weight excluding hydrogens is 212 g/mol. The Balaban J connectivity index is 2.50. The average Bonchev–Trinajstić information content (AvgIpc) is 2.25. The molecule has 0 unspecified atom stereocenters. The molecule has 1 rings (SSSR count). The first kappa shape index (κ1) is 12.1. The summed E-state index contributed by atoms with van der Waals surface area (Å²) in [6.45, 7) is 0.298. The molecule has 0 bridgehead atoms. The number of nitrogens with zero attached hydrogens (tertiary/aromatic N) is 1. The third-order valence-corrected chi connectivity index (χ3v) is 1.98.